The Kier molecular flexibility index (Phi) is 11.8. The molecule has 1 aliphatic heterocycles. The minimum absolute atomic E-state index is 0.189. The average Bonchev–Trinajstić information content (AvgIpc) is 1.76. The Labute approximate surface area is 498 Å². The van der Waals surface area contributed by atoms with Gasteiger partial charge in [-0.15, -0.1) is 0 Å². The zero-order valence-electron chi connectivity index (χ0n) is 47.6. The highest BCUT2D eigenvalue weighted by atomic mass is 28.3. The van der Waals surface area contributed by atoms with Crippen LogP contribution in [0.2, 0.25) is 0 Å². The average molecular weight is 1100 g/mol. The van der Waals surface area contributed by atoms with Crippen LogP contribution in [0.1, 0.15) is 47.2 Å². The second-order valence-corrected chi connectivity index (χ2v) is 27.3. The number of anilines is 3. The lowest BCUT2D eigenvalue weighted by atomic mass is 9.68. The molecule has 0 spiro atoms. The number of benzene rings is 13. The van der Waals surface area contributed by atoms with E-state index in [1.54, 1.807) is 0 Å². The van der Waals surface area contributed by atoms with Gasteiger partial charge in [-0.1, -0.05) is 305 Å². The van der Waals surface area contributed by atoms with Gasteiger partial charge in [-0.3, -0.25) is 0 Å². The number of hydrogen-bond donors (Lipinski definition) is 0. The van der Waals surface area contributed by atoms with E-state index in [1.165, 1.54) is 110 Å². The van der Waals surface area contributed by atoms with Gasteiger partial charge >= 0.3 is 0 Å². The Balaban J connectivity index is 0.985. The molecular formula is C82H60N2Si. The van der Waals surface area contributed by atoms with Crippen LogP contribution in [0.4, 0.5) is 17.1 Å². The number of para-hydroxylation sites is 4. The van der Waals surface area contributed by atoms with E-state index in [4.69, 9.17) is 0 Å². The largest absolute Gasteiger partial charge is 0.310 e. The van der Waals surface area contributed by atoms with Crippen LogP contribution >= 0.6 is 0 Å². The van der Waals surface area contributed by atoms with Crippen LogP contribution in [0.25, 0.3) is 60.9 Å². The van der Waals surface area contributed by atoms with Crippen LogP contribution in [0.3, 0.4) is 0 Å². The lowest BCUT2D eigenvalue weighted by Crippen LogP contribution is -2.74. The maximum Gasteiger partial charge on any atom is 0.179 e. The molecule has 0 amide bonds. The first-order chi connectivity index (χ1) is 42.0. The van der Waals surface area contributed by atoms with Crippen molar-refractivity contribution in [3.05, 3.63) is 361 Å². The summed E-state index contributed by atoms with van der Waals surface area (Å²) in [6.45, 7) is 4.73. The summed E-state index contributed by atoms with van der Waals surface area (Å²) in [4.78, 5) is 2.49. The predicted molar refractivity (Wildman–Crippen MR) is 359 cm³/mol. The van der Waals surface area contributed by atoms with Crippen molar-refractivity contribution < 1.29 is 0 Å². The SMILES string of the molecule is CC1(C)c2ccccc2N(c2cccc(-c3cc([Si](c4ccccc4)(c4ccccc4)c4ccc(C5(c6ccccc6)c6ccccc6-c6ccccc65)cc4)ccc3-n3c4ccccc4c4cccc(-c5ccccc5)c43)c2)c2ccccc21. The van der Waals surface area contributed by atoms with Crippen LogP contribution < -0.4 is 25.6 Å². The van der Waals surface area contributed by atoms with Crippen LogP contribution in [0.5, 0.6) is 0 Å². The third-order valence-electron chi connectivity index (χ3n) is 18.8. The Bertz CT molecular complexity index is 4720. The zero-order valence-corrected chi connectivity index (χ0v) is 48.6. The molecule has 13 aromatic carbocycles. The lowest BCUT2D eigenvalue weighted by molar-refractivity contribution is 0.632. The quantitative estimate of drug-likeness (QED) is 0.0979. The molecule has 0 unspecified atom stereocenters. The highest BCUT2D eigenvalue weighted by molar-refractivity contribution is 7.20. The molecule has 2 heterocycles. The van der Waals surface area contributed by atoms with Crippen molar-refractivity contribution in [2.75, 3.05) is 4.90 Å². The van der Waals surface area contributed by atoms with Gasteiger partial charge in [-0.2, -0.15) is 0 Å². The fraction of sp³-hybridized carbons (Fsp3) is 0.0488. The van der Waals surface area contributed by atoms with E-state index in [2.05, 4.69) is 351 Å². The zero-order chi connectivity index (χ0) is 56.7. The first-order valence-corrected chi connectivity index (χ1v) is 31.7. The van der Waals surface area contributed by atoms with Crippen molar-refractivity contribution in [2.45, 2.75) is 24.7 Å². The van der Waals surface area contributed by atoms with E-state index in [9.17, 15) is 0 Å². The van der Waals surface area contributed by atoms with Gasteiger partial charge in [0.05, 0.1) is 33.5 Å². The van der Waals surface area contributed by atoms with E-state index in [1.807, 2.05) is 0 Å². The topological polar surface area (TPSA) is 8.17 Å². The molecular weight excluding hydrogens is 1040 g/mol. The predicted octanol–water partition coefficient (Wildman–Crippen LogP) is 18.0. The van der Waals surface area contributed by atoms with Gasteiger partial charge in [-0.05, 0) is 113 Å². The molecule has 14 aromatic rings. The van der Waals surface area contributed by atoms with Gasteiger partial charge in [0.25, 0.3) is 0 Å². The molecule has 3 heteroatoms. The molecule has 402 valence electrons. The molecule has 2 nitrogen and oxygen atoms in total. The summed E-state index contributed by atoms with van der Waals surface area (Å²) in [5.41, 5.74) is 21.3. The van der Waals surface area contributed by atoms with Crippen LogP contribution in [0.15, 0.2) is 328 Å². The molecule has 16 rings (SSSR count). The maximum absolute atomic E-state index is 3.23. The normalized spacial score (nSPS) is 13.7. The molecule has 0 fully saturated rings. The number of rotatable bonds is 10. The molecule has 1 aromatic heterocycles. The smallest absolute Gasteiger partial charge is 0.179 e. The van der Waals surface area contributed by atoms with Gasteiger partial charge in [0.1, 0.15) is 0 Å². The lowest BCUT2D eigenvalue weighted by Gasteiger charge is -2.42. The molecule has 0 saturated carbocycles. The van der Waals surface area contributed by atoms with Crippen molar-refractivity contribution in [3.8, 4) is 39.1 Å². The van der Waals surface area contributed by atoms with E-state index in [0.717, 1.165) is 22.5 Å². The first kappa shape index (κ1) is 50.4. The van der Waals surface area contributed by atoms with Gasteiger partial charge in [0.2, 0.25) is 0 Å². The fourth-order valence-electron chi connectivity index (χ4n) is 15.1. The Morgan fingerprint density at radius 3 is 1.39 bits per heavy atom. The standard InChI is InChI=1S/C82H60N2Si/c1-81(2)74-44-20-23-47-78(74)83(79-48-24-21-45-75(79)81)61-32-25-29-58(55-61)71-56-65(53-54-77(71)84-76-46-22-17-39-69(76)70-41-26-40-66(80(70)84)57-27-7-3-8-28-57)85(62-33-11-5-12-34-62,63-35-13-6-14-36-63)64-51-49-60(50-52-64)82(59-30-9-4-10-31-59)72-42-18-15-37-67(72)68-38-16-19-43-73(68)82/h3-56H,1-2H3. The summed E-state index contributed by atoms with van der Waals surface area (Å²) in [7, 11) is -3.23. The summed E-state index contributed by atoms with van der Waals surface area (Å²) in [6.07, 6.45) is 0. The number of nitrogens with zero attached hydrogens (tertiary/aromatic N) is 2. The summed E-state index contributed by atoms with van der Waals surface area (Å²) < 4.78 is 2.57. The van der Waals surface area contributed by atoms with Gasteiger partial charge in [0, 0.05) is 33.0 Å². The fourth-order valence-corrected chi connectivity index (χ4v) is 19.9. The number of hydrogen-bond acceptors (Lipinski definition) is 1. The molecule has 0 bridgehead atoms. The van der Waals surface area contributed by atoms with E-state index in [-0.39, 0.29) is 5.41 Å². The highest BCUT2D eigenvalue weighted by Gasteiger charge is 2.47. The second-order valence-electron chi connectivity index (χ2n) is 23.5. The van der Waals surface area contributed by atoms with Crippen molar-refractivity contribution in [1.29, 1.82) is 0 Å². The van der Waals surface area contributed by atoms with Gasteiger partial charge in [-0.25, -0.2) is 0 Å². The summed E-state index contributed by atoms with van der Waals surface area (Å²) >= 11 is 0. The maximum atomic E-state index is 2.59. The van der Waals surface area contributed by atoms with Crippen molar-refractivity contribution in [1.82, 2.24) is 4.57 Å². The number of fused-ring (bicyclic) bond motifs is 8. The monoisotopic (exact) mass is 1100 g/mol. The molecule has 0 radical (unpaired) electrons. The van der Waals surface area contributed by atoms with E-state index < -0.39 is 13.5 Å². The van der Waals surface area contributed by atoms with E-state index >= 15 is 0 Å². The Hall–Kier alpha value is -10.3. The Morgan fingerprint density at radius 2 is 0.753 bits per heavy atom. The van der Waals surface area contributed by atoms with Crippen molar-refractivity contribution >= 4 is 67.7 Å². The molecule has 1 aliphatic carbocycles. The minimum atomic E-state index is -3.23. The van der Waals surface area contributed by atoms with Gasteiger partial charge < -0.3 is 9.47 Å². The van der Waals surface area contributed by atoms with E-state index in [0.29, 0.717) is 0 Å². The Morgan fingerprint density at radius 1 is 0.294 bits per heavy atom. The summed E-state index contributed by atoms with van der Waals surface area (Å²) in [5.74, 6) is 0. The number of aromatic nitrogens is 1. The molecule has 0 N–H and O–H groups in total. The molecule has 0 saturated heterocycles. The third-order valence-corrected chi connectivity index (χ3v) is 23.6. The summed E-state index contributed by atoms with van der Waals surface area (Å²) in [6, 6.07) is 124. The van der Waals surface area contributed by atoms with Gasteiger partial charge in [0.15, 0.2) is 8.07 Å². The third kappa shape index (κ3) is 7.57. The van der Waals surface area contributed by atoms with Crippen molar-refractivity contribution in [2.24, 2.45) is 0 Å². The van der Waals surface area contributed by atoms with Crippen LogP contribution in [-0.2, 0) is 10.8 Å². The highest BCUT2D eigenvalue weighted by Crippen LogP contribution is 2.56. The summed E-state index contributed by atoms with van der Waals surface area (Å²) in [5, 5.41) is 7.71. The minimum Gasteiger partial charge on any atom is -0.310 e. The van der Waals surface area contributed by atoms with Crippen LogP contribution in [-0.4, -0.2) is 12.6 Å². The first-order valence-electron chi connectivity index (χ1n) is 29.7. The van der Waals surface area contributed by atoms with Crippen molar-refractivity contribution in [3.63, 3.8) is 0 Å². The molecule has 85 heavy (non-hydrogen) atoms. The second kappa shape index (κ2) is 19.9. The molecule has 2 aliphatic rings. The van der Waals surface area contributed by atoms with Crippen LogP contribution in [0, 0.1) is 0 Å². The molecule has 0 atom stereocenters.